The maximum absolute atomic E-state index is 10.8. The zero-order chi connectivity index (χ0) is 10.7. The summed E-state index contributed by atoms with van der Waals surface area (Å²) in [6.07, 6.45) is 1.04. The summed E-state index contributed by atoms with van der Waals surface area (Å²) >= 11 is 1.32. The molecule has 82 valence electrons. The van der Waals surface area contributed by atoms with Crippen molar-refractivity contribution in [2.24, 2.45) is 5.92 Å². The first-order chi connectivity index (χ1) is 7.27. The molecular formula is C9H12N2O3S. The molecule has 2 heterocycles. The molecule has 0 saturated carbocycles. The molecule has 0 radical (unpaired) electrons. The van der Waals surface area contributed by atoms with Crippen molar-refractivity contribution in [1.82, 2.24) is 4.98 Å². The normalized spacial score (nSPS) is 20.4. The highest BCUT2D eigenvalue weighted by molar-refractivity contribution is 7.14. The van der Waals surface area contributed by atoms with E-state index in [-0.39, 0.29) is 5.69 Å². The molecule has 1 aromatic rings. The first-order valence-corrected chi connectivity index (χ1v) is 5.63. The van der Waals surface area contributed by atoms with Crippen LogP contribution in [0.2, 0.25) is 0 Å². The molecule has 2 N–H and O–H groups in total. The monoisotopic (exact) mass is 228 g/mol. The summed E-state index contributed by atoms with van der Waals surface area (Å²) in [5.41, 5.74) is 1.65. The smallest absolute Gasteiger partial charge is 0.357 e. The molecule has 1 aliphatic heterocycles. The Morgan fingerprint density at radius 2 is 2.67 bits per heavy atom. The summed E-state index contributed by atoms with van der Waals surface area (Å²) in [4.78, 5) is 14.5. The summed E-state index contributed by atoms with van der Waals surface area (Å²) in [6.45, 7) is 2.32. The van der Waals surface area contributed by atoms with Gasteiger partial charge >= 0.3 is 5.97 Å². The van der Waals surface area contributed by atoms with Gasteiger partial charge in [-0.05, 0) is 6.42 Å². The lowest BCUT2D eigenvalue weighted by atomic mass is 10.1. The number of carboxylic acid groups (broad SMARTS) is 1. The summed E-state index contributed by atoms with van der Waals surface area (Å²) in [6, 6.07) is 0. The van der Waals surface area contributed by atoms with Crippen LogP contribution in [-0.2, 0) is 4.74 Å². The predicted octanol–water partition coefficient (Wildman–Crippen LogP) is 1.29. The molecule has 1 aromatic heterocycles. The van der Waals surface area contributed by atoms with Crippen LogP contribution in [0.1, 0.15) is 16.9 Å². The molecule has 5 nitrogen and oxygen atoms in total. The van der Waals surface area contributed by atoms with E-state index in [0.717, 1.165) is 26.2 Å². The third-order valence-corrected chi connectivity index (χ3v) is 3.13. The number of ether oxygens (including phenoxy) is 1. The van der Waals surface area contributed by atoms with Gasteiger partial charge in [0.1, 0.15) is 5.00 Å². The molecule has 0 aromatic carbocycles. The Bertz CT molecular complexity index is 347. The third kappa shape index (κ3) is 2.45. The van der Waals surface area contributed by atoms with E-state index < -0.39 is 5.97 Å². The zero-order valence-electron chi connectivity index (χ0n) is 8.10. The number of hydrogen-bond donors (Lipinski definition) is 2. The maximum atomic E-state index is 10.8. The molecule has 6 heteroatoms. The van der Waals surface area contributed by atoms with Crippen LogP contribution < -0.4 is 5.32 Å². The van der Waals surface area contributed by atoms with Crippen molar-refractivity contribution >= 4 is 22.3 Å². The molecule has 2 rings (SSSR count). The van der Waals surface area contributed by atoms with E-state index in [0.29, 0.717) is 10.9 Å². The number of aromatic nitrogens is 1. The Balaban J connectivity index is 1.92. The highest BCUT2D eigenvalue weighted by atomic mass is 32.1. The Morgan fingerprint density at radius 3 is 3.33 bits per heavy atom. The van der Waals surface area contributed by atoms with Gasteiger partial charge < -0.3 is 15.2 Å². The molecule has 1 aliphatic rings. The van der Waals surface area contributed by atoms with Gasteiger partial charge in [0.25, 0.3) is 0 Å². The minimum absolute atomic E-state index is 0.110. The number of rotatable bonds is 4. The van der Waals surface area contributed by atoms with Crippen LogP contribution in [0, 0.1) is 5.92 Å². The van der Waals surface area contributed by atoms with Crippen molar-refractivity contribution < 1.29 is 14.6 Å². The fourth-order valence-corrected chi connectivity index (χ4v) is 2.19. The Kier molecular flexibility index (Phi) is 3.17. The molecule has 1 atom stereocenters. The number of carbonyl (C=O) groups is 1. The van der Waals surface area contributed by atoms with Crippen molar-refractivity contribution in [3.63, 3.8) is 0 Å². The van der Waals surface area contributed by atoms with Crippen LogP contribution in [0.5, 0.6) is 0 Å². The number of carboxylic acids is 1. The van der Waals surface area contributed by atoms with Gasteiger partial charge in [0.2, 0.25) is 0 Å². The largest absolute Gasteiger partial charge is 0.476 e. The van der Waals surface area contributed by atoms with E-state index in [9.17, 15) is 4.79 Å². The second-order valence-electron chi connectivity index (χ2n) is 3.45. The van der Waals surface area contributed by atoms with Crippen molar-refractivity contribution in [2.45, 2.75) is 6.42 Å². The van der Waals surface area contributed by atoms with Gasteiger partial charge in [0, 0.05) is 19.1 Å². The fourth-order valence-electron chi connectivity index (χ4n) is 1.51. The van der Waals surface area contributed by atoms with E-state index in [1.165, 1.54) is 16.8 Å². The summed E-state index contributed by atoms with van der Waals surface area (Å²) in [5.74, 6) is -0.504. The van der Waals surface area contributed by atoms with Crippen LogP contribution in [0.4, 0.5) is 5.00 Å². The molecule has 0 bridgehead atoms. The lowest BCUT2D eigenvalue weighted by molar-refractivity contribution is 0.0692. The Morgan fingerprint density at radius 1 is 1.80 bits per heavy atom. The summed E-state index contributed by atoms with van der Waals surface area (Å²) in [5, 5.41) is 12.6. The van der Waals surface area contributed by atoms with Crippen LogP contribution in [-0.4, -0.2) is 35.8 Å². The first kappa shape index (κ1) is 10.4. The summed E-state index contributed by atoms with van der Waals surface area (Å²) in [7, 11) is 0. The van der Waals surface area contributed by atoms with Gasteiger partial charge in [-0.1, -0.05) is 0 Å². The highest BCUT2D eigenvalue weighted by Gasteiger charge is 2.18. The molecule has 1 unspecified atom stereocenters. The van der Waals surface area contributed by atoms with E-state index >= 15 is 0 Å². The van der Waals surface area contributed by atoms with E-state index in [1.54, 1.807) is 0 Å². The number of aromatic carboxylic acids is 1. The second kappa shape index (κ2) is 4.59. The SMILES string of the molecule is O=C(O)c1ncsc1NCC1CCOC1. The van der Waals surface area contributed by atoms with E-state index in [2.05, 4.69) is 10.3 Å². The van der Waals surface area contributed by atoms with Crippen molar-refractivity contribution in [3.8, 4) is 0 Å². The second-order valence-corrected chi connectivity index (χ2v) is 4.30. The van der Waals surface area contributed by atoms with Gasteiger partial charge in [0.15, 0.2) is 5.69 Å². The zero-order valence-corrected chi connectivity index (χ0v) is 8.92. The number of nitrogens with one attached hydrogen (secondary N) is 1. The average molecular weight is 228 g/mol. The number of hydrogen-bond acceptors (Lipinski definition) is 5. The number of nitrogens with zero attached hydrogens (tertiary/aromatic N) is 1. The maximum Gasteiger partial charge on any atom is 0.357 e. The molecule has 1 saturated heterocycles. The Hall–Kier alpha value is -1.14. The van der Waals surface area contributed by atoms with Crippen molar-refractivity contribution in [1.29, 1.82) is 0 Å². The summed E-state index contributed by atoms with van der Waals surface area (Å²) < 4.78 is 5.24. The van der Waals surface area contributed by atoms with Gasteiger partial charge in [-0.2, -0.15) is 0 Å². The van der Waals surface area contributed by atoms with E-state index in [4.69, 9.17) is 9.84 Å². The van der Waals surface area contributed by atoms with Crippen LogP contribution >= 0.6 is 11.3 Å². The number of anilines is 1. The lowest BCUT2D eigenvalue weighted by Crippen LogP contribution is -2.15. The molecule has 0 aliphatic carbocycles. The molecule has 1 fully saturated rings. The van der Waals surface area contributed by atoms with Gasteiger partial charge in [-0.3, -0.25) is 0 Å². The standard InChI is InChI=1S/C9H12N2O3S/c12-9(13)7-8(15-5-11-7)10-3-6-1-2-14-4-6/h5-6,10H,1-4H2,(H,12,13). The van der Waals surface area contributed by atoms with Gasteiger partial charge in [-0.15, -0.1) is 11.3 Å². The van der Waals surface area contributed by atoms with Crippen molar-refractivity contribution in [2.75, 3.05) is 25.1 Å². The molecule has 15 heavy (non-hydrogen) atoms. The van der Waals surface area contributed by atoms with E-state index in [1.807, 2.05) is 0 Å². The highest BCUT2D eigenvalue weighted by Crippen LogP contribution is 2.21. The first-order valence-electron chi connectivity index (χ1n) is 4.76. The average Bonchev–Trinajstić information content (AvgIpc) is 2.86. The third-order valence-electron chi connectivity index (χ3n) is 2.35. The topological polar surface area (TPSA) is 71.5 Å². The van der Waals surface area contributed by atoms with Crippen LogP contribution in [0.25, 0.3) is 0 Å². The van der Waals surface area contributed by atoms with Crippen molar-refractivity contribution in [3.05, 3.63) is 11.2 Å². The van der Waals surface area contributed by atoms with Crippen LogP contribution in [0.3, 0.4) is 0 Å². The van der Waals surface area contributed by atoms with Crippen LogP contribution in [0.15, 0.2) is 5.51 Å². The number of thiazole rings is 1. The van der Waals surface area contributed by atoms with Gasteiger partial charge in [-0.25, -0.2) is 9.78 Å². The van der Waals surface area contributed by atoms with Gasteiger partial charge in [0.05, 0.1) is 12.1 Å². The lowest BCUT2D eigenvalue weighted by Gasteiger charge is -2.08. The minimum atomic E-state index is -0.985. The Labute approximate surface area is 91.1 Å². The minimum Gasteiger partial charge on any atom is -0.476 e. The molecular weight excluding hydrogens is 216 g/mol. The molecule has 0 spiro atoms. The predicted molar refractivity (Wildman–Crippen MR) is 56.5 cm³/mol. The fraction of sp³-hybridized carbons (Fsp3) is 0.556. The quantitative estimate of drug-likeness (QED) is 0.812. The molecule has 0 amide bonds.